The molecule has 3 heterocycles. The highest BCUT2D eigenvalue weighted by Crippen LogP contribution is 2.25. The minimum absolute atomic E-state index is 0.123. The van der Waals surface area contributed by atoms with Crippen LogP contribution in [0.3, 0.4) is 0 Å². The van der Waals surface area contributed by atoms with E-state index < -0.39 is 0 Å². The zero-order chi connectivity index (χ0) is 21.6. The lowest BCUT2D eigenvalue weighted by atomic mass is 10.2. The first-order chi connectivity index (χ1) is 15.1. The fraction of sp³-hybridized carbons (Fsp3) is 0.286. The van der Waals surface area contributed by atoms with Gasteiger partial charge in [-0.15, -0.1) is 0 Å². The Kier molecular flexibility index (Phi) is 7.21. The van der Waals surface area contributed by atoms with Crippen molar-refractivity contribution in [2.45, 2.75) is 11.7 Å². The number of anilines is 2. The van der Waals surface area contributed by atoms with E-state index in [4.69, 9.17) is 27.6 Å². The van der Waals surface area contributed by atoms with E-state index in [1.54, 1.807) is 18.4 Å². The van der Waals surface area contributed by atoms with Crippen LogP contribution in [0.15, 0.2) is 58.3 Å². The number of hydrogen-bond donors (Lipinski definition) is 1. The number of carbonyl (C=O) groups excluding carboxylic acids is 1. The van der Waals surface area contributed by atoms with E-state index in [1.807, 2.05) is 24.3 Å². The molecule has 0 saturated carbocycles. The Morgan fingerprint density at radius 2 is 1.87 bits per heavy atom. The first kappa shape index (κ1) is 21.8. The number of halogens is 2. The number of aromatic nitrogens is 2. The van der Waals surface area contributed by atoms with Crippen molar-refractivity contribution in [3.63, 3.8) is 0 Å². The monoisotopic (exact) mass is 477 g/mol. The molecule has 1 aromatic carbocycles. The Balaban J connectivity index is 1.32. The van der Waals surface area contributed by atoms with Gasteiger partial charge in [0.05, 0.1) is 18.6 Å². The van der Waals surface area contributed by atoms with Crippen molar-refractivity contribution in [3.8, 4) is 0 Å². The van der Waals surface area contributed by atoms with Crippen molar-refractivity contribution in [1.82, 2.24) is 15.3 Å². The third kappa shape index (κ3) is 6.06. The van der Waals surface area contributed by atoms with Crippen molar-refractivity contribution >= 4 is 52.4 Å². The molecular formula is C21H21Cl2N5O2S. The van der Waals surface area contributed by atoms with Crippen molar-refractivity contribution in [2.24, 2.45) is 0 Å². The molecule has 31 heavy (non-hydrogen) atoms. The molecule has 0 aliphatic carbocycles. The van der Waals surface area contributed by atoms with E-state index in [0.717, 1.165) is 42.7 Å². The maximum Gasteiger partial charge on any atom is 0.230 e. The van der Waals surface area contributed by atoms with Crippen molar-refractivity contribution in [1.29, 1.82) is 0 Å². The van der Waals surface area contributed by atoms with Gasteiger partial charge in [-0.05, 0) is 30.3 Å². The minimum Gasteiger partial charge on any atom is -0.467 e. The van der Waals surface area contributed by atoms with Gasteiger partial charge in [0.2, 0.25) is 5.91 Å². The van der Waals surface area contributed by atoms with Crippen LogP contribution in [0.2, 0.25) is 10.2 Å². The molecule has 10 heteroatoms. The lowest BCUT2D eigenvalue weighted by molar-refractivity contribution is -0.118. The molecule has 1 N–H and O–H groups in total. The molecule has 1 aliphatic rings. The standard InChI is InChI=1S/C21H21Cl2N5O2S/c22-15-3-1-4-16(11-15)27-6-8-28(9-7-27)19-12-18(23)25-21(26-19)31-14-20(29)24-13-17-5-2-10-30-17/h1-5,10-12H,6-9,13-14H2,(H,24,29). The topological polar surface area (TPSA) is 74.5 Å². The molecule has 1 amide bonds. The Bertz CT molecular complexity index is 1030. The smallest absolute Gasteiger partial charge is 0.230 e. The molecule has 0 bridgehead atoms. The number of carbonyl (C=O) groups is 1. The Hall–Kier alpha value is -2.42. The number of furan rings is 1. The maximum absolute atomic E-state index is 12.1. The van der Waals surface area contributed by atoms with E-state index in [1.165, 1.54) is 11.8 Å². The normalized spacial score (nSPS) is 14.0. The molecule has 7 nitrogen and oxygen atoms in total. The summed E-state index contributed by atoms with van der Waals surface area (Å²) < 4.78 is 5.21. The molecule has 1 aliphatic heterocycles. The molecular weight excluding hydrogens is 457 g/mol. The fourth-order valence-electron chi connectivity index (χ4n) is 3.26. The summed E-state index contributed by atoms with van der Waals surface area (Å²) in [6.07, 6.45) is 1.58. The van der Waals surface area contributed by atoms with Crippen LogP contribution in [0.4, 0.5) is 11.5 Å². The van der Waals surface area contributed by atoms with Crippen molar-refractivity contribution < 1.29 is 9.21 Å². The van der Waals surface area contributed by atoms with Gasteiger partial charge in [0.1, 0.15) is 16.7 Å². The summed E-state index contributed by atoms with van der Waals surface area (Å²) in [5.74, 6) is 1.55. The summed E-state index contributed by atoms with van der Waals surface area (Å²) in [5.41, 5.74) is 1.12. The van der Waals surface area contributed by atoms with Gasteiger partial charge in [-0.2, -0.15) is 0 Å². The molecule has 0 atom stereocenters. The molecule has 0 unspecified atom stereocenters. The number of thioether (sulfide) groups is 1. The van der Waals surface area contributed by atoms with E-state index in [2.05, 4.69) is 31.2 Å². The Morgan fingerprint density at radius 3 is 2.61 bits per heavy atom. The summed E-state index contributed by atoms with van der Waals surface area (Å²) >= 11 is 13.6. The predicted molar refractivity (Wildman–Crippen MR) is 124 cm³/mol. The van der Waals surface area contributed by atoms with Crippen LogP contribution < -0.4 is 15.1 Å². The van der Waals surface area contributed by atoms with Gasteiger partial charge in [-0.1, -0.05) is 41.0 Å². The lowest BCUT2D eigenvalue weighted by Gasteiger charge is -2.36. The summed E-state index contributed by atoms with van der Waals surface area (Å²) in [7, 11) is 0. The van der Waals surface area contributed by atoms with Gasteiger partial charge in [0, 0.05) is 43.0 Å². The highest BCUT2D eigenvalue weighted by atomic mass is 35.5. The average Bonchev–Trinajstić information content (AvgIpc) is 3.30. The summed E-state index contributed by atoms with van der Waals surface area (Å²) in [6.45, 7) is 3.64. The number of piperazine rings is 1. The zero-order valence-electron chi connectivity index (χ0n) is 16.6. The molecule has 0 spiro atoms. The maximum atomic E-state index is 12.1. The lowest BCUT2D eigenvalue weighted by Crippen LogP contribution is -2.46. The van der Waals surface area contributed by atoms with Crippen LogP contribution in [0.1, 0.15) is 5.76 Å². The molecule has 3 aromatic rings. The predicted octanol–water partition coefficient (Wildman–Crippen LogP) is 4.11. The first-order valence-corrected chi connectivity index (χ1v) is 11.5. The molecule has 1 fully saturated rings. The van der Waals surface area contributed by atoms with Crippen LogP contribution in [-0.2, 0) is 11.3 Å². The van der Waals surface area contributed by atoms with Crippen LogP contribution in [0, 0.1) is 0 Å². The number of benzene rings is 1. The van der Waals surface area contributed by atoms with Crippen LogP contribution >= 0.6 is 35.0 Å². The first-order valence-electron chi connectivity index (χ1n) is 9.79. The van der Waals surface area contributed by atoms with Gasteiger partial charge in [-0.25, -0.2) is 9.97 Å². The van der Waals surface area contributed by atoms with Crippen molar-refractivity contribution in [2.75, 3.05) is 41.7 Å². The van der Waals surface area contributed by atoms with E-state index in [-0.39, 0.29) is 11.7 Å². The number of rotatable bonds is 7. The molecule has 1 saturated heterocycles. The van der Waals surface area contributed by atoms with Gasteiger partial charge in [0.25, 0.3) is 0 Å². The number of hydrogen-bond acceptors (Lipinski definition) is 7. The van der Waals surface area contributed by atoms with Crippen LogP contribution in [0.5, 0.6) is 0 Å². The van der Waals surface area contributed by atoms with E-state index in [9.17, 15) is 4.79 Å². The van der Waals surface area contributed by atoms with Gasteiger partial charge in [-0.3, -0.25) is 4.79 Å². The second kappa shape index (κ2) is 10.3. The summed E-state index contributed by atoms with van der Waals surface area (Å²) in [5, 5.41) is 4.38. The highest BCUT2D eigenvalue weighted by molar-refractivity contribution is 7.99. The minimum atomic E-state index is -0.123. The largest absolute Gasteiger partial charge is 0.467 e. The molecule has 4 rings (SSSR count). The summed E-state index contributed by atoms with van der Waals surface area (Å²) in [4.78, 5) is 25.4. The van der Waals surface area contributed by atoms with Gasteiger partial charge < -0.3 is 19.5 Å². The third-order valence-electron chi connectivity index (χ3n) is 4.81. The van der Waals surface area contributed by atoms with Crippen molar-refractivity contribution in [3.05, 3.63) is 64.7 Å². The Morgan fingerprint density at radius 1 is 1.06 bits per heavy atom. The second-order valence-electron chi connectivity index (χ2n) is 6.93. The number of nitrogens with one attached hydrogen (secondary N) is 1. The highest BCUT2D eigenvalue weighted by Gasteiger charge is 2.20. The number of nitrogens with zero attached hydrogens (tertiary/aromatic N) is 4. The van der Waals surface area contributed by atoms with Gasteiger partial charge >= 0.3 is 0 Å². The van der Waals surface area contributed by atoms with E-state index in [0.29, 0.717) is 22.6 Å². The Labute approximate surface area is 194 Å². The number of amides is 1. The zero-order valence-corrected chi connectivity index (χ0v) is 19.0. The quantitative estimate of drug-likeness (QED) is 0.311. The molecule has 0 radical (unpaired) electrons. The average molecular weight is 478 g/mol. The SMILES string of the molecule is O=C(CSc1nc(Cl)cc(N2CCN(c3cccc(Cl)c3)CC2)n1)NCc1ccco1. The summed E-state index contributed by atoms with van der Waals surface area (Å²) in [6, 6.07) is 13.2. The van der Waals surface area contributed by atoms with Crippen LogP contribution in [0.25, 0.3) is 0 Å². The second-order valence-corrected chi connectivity index (χ2v) is 8.70. The fourth-order valence-corrected chi connectivity index (χ4v) is 4.35. The molecule has 2 aromatic heterocycles. The van der Waals surface area contributed by atoms with Gasteiger partial charge in [0.15, 0.2) is 5.16 Å². The third-order valence-corrected chi connectivity index (χ3v) is 6.09. The molecule has 162 valence electrons. The van der Waals surface area contributed by atoms with Crippen LogP contribution in [-0.4, -0.2) is 47.8 Å². The van der Waals surface area contributed by atoms with E-state index >= 15 is 0 Å².